The number of aromatic nitrogens is 2. The number of hydrogen-bond acceptors (Lipinski definition) is 2. The van der Waals surface area contributed by atoms with Crippen molar-refractivity contribution in [1.82, 2.24) is 9.97 Å². The number of pyridine rings is 2. The lowest BCUT2D eigenvalue weighted by atomic mass is 9.86. The maximum absolute atomic E-state index is 4.74. The normalized spacial score (nSPS) is 12.0. The van der Waals surface area contributed by atoms with Crippen LogP contribution >= 0.6 is 0 Å². The first-order valence-electron chi connectivity index (χ1n) is 9.56. The minimum absolute atomic E-state index is 0.242. The van der Waals surface area contributed by atoms with Gasteiger partial charge in [-0.15, -0.1) is 0 Å². The predicted molar refractivity (Wildman–Crippen MR) is 115 cm³/mol. The first-order chi connectivity index (χ1) is 12.8. The summed E-state index contributed by atoms with van der Waals surface area (Å²) in [7, 11) is 0. The van der Waals surface area contributed by atoms with E-state index in [1.165, 1.54) is 33.0 Å². The fourth-order valence-corrected chi connectivity index (χ4v) is 4.00. The Morgan fingerprint density at radius 2 is 1.41 bits per heavy atom. The molecule has 0 aliphatic carbocycles. The molecule has 27 heavy (non-hydrogen) atoms. The van der Waals surface area contributed by atoms with Gasteiger partial charge in [0.05, 0.1) is 11.2 Å². The molecule has 2 heteroatoms. The van der Waals surface area contributed by atoms with Gasteiger partial charge in [0.15, 0.2) is 0 Å². The number of nitrogens with zero attached hydrogens (tertiary/aromatic N) is 2. The van der Waals surface area contributed by atoms with Crippen LogP contribution in [0.4, 0.5) is 0 Å². The van der Waals surface area contributed by atoms with E-state index in [9.17, 15) is 0 Å². The van der Waals surface area contributed by atoms with Crippen LogP contribution in [0.2, 0.25) is 0 Å². The van der Waals surface area contributed by atoms with Crippen LogP contribution in [-0.2, 0) is 6.42 Å². The van der Waals surface area contributed by atoms with Gasteiger partial charge < -0.3 is 0 Å². The molecule has 2 heterocycles. The van der Waals surface area contributed by atoms with Crippen LogP contribution in [0.1, 0.15) is 37.5 Å². The van der Waals surface area contributed by atoms with Crippen molar-refractivity contribution in [2.45, 2.75) is 41.0 Å². The summed E-state index contributed by atoms with van der Waals surface area (Å²) in [5.41, 5.74) is 7.39. The topological polar surface area (TPSA) is 25.8 Å². The Balaban J connectivity index is 1.98. The van der Waals surface area contributed by atoms with Gasteiger partial charge in [-0.05, 0) is 55.5 Å². The van der Waals surface area contributed by atoms with Crippen LogP contribution in [0.3, 0.4) is 0 Å². The minimum Gasteiger partial charge on any atom is -0.256 e. The molecule has 2 aromatic heterocycles. The highest BCUT2D eigenvalue weighted by Gasteiger charge is 2.16. The summed E-state index contributed by atoms with van der Waals surface area (Å²) in [5, 5.41) is 3.58. The lowest BCUT2D eigenvalue weighted by Crippen LogP contribution is -2.09. The molecule has 0 spiro atoms. The summed E-state index contributed by atoms with van der Waals surface area (Å²) in [6, 6.07) is 15.3. The van der Waals surface area contributed by atoms with Crippen molar-refractivity contribution >= 4 is 21.7 Å². The highest BCUT2D eigenvalue weighted by Crippen LogP contribution is 2.34. The number of benzene rings is 2. The Morgan fingerprint density at radius 1 is 0.741 bits per heavy atom. The third-order valence-electron chi connectivity index (χ3n) is 4.96. The predicted octanol–water partition coefficient (Wildman–Crippen LogP) is 6.66. The van der Waals surface area contributed by atoms with Crippen LogP contribution in [0.25, 0.3) is 32.9 Å². The summed E-state index contributed by atoms with van der Waals surface area (Å²) in [6.45, 7) is 11.1. The van der Waals surface area contributed by atoms with Gasteiger partial charge in [0.25, 0.3) is 0 Å². The molecular weight excluding hydrogens is 328 g/mol. The molecule has 0 bridgehead atoms. The molecule has 0 saturated carbocycles. The van der Waals surface area contributed by atoms with Gasteiger partial charge >= 0.3 is 0 Å². The summed E-state index contributed by atoms with van der Waals surface area (Å²) < 4.78 is 0. The Hall–Kier alpha value is -2.74. The second-order valence-corrected chi connectivity index (χ2v) is 8.80. The molecule has 4 rings (SSSR count). The smallest absolute Gasteiger partial charge is 0.0784 e. The van der Waals surface area contributed by atoms with Crippen LogP contribution in [0, 0.1) is 19.3 Å². The molecule has 2 nitrogen and oxygen atoms in total. The first kappa shape index (κ1) is 17.7. The van der Waals surface area contributed by atoms with E-state index in [1.54, 1.807) is 0 Å². The van der Waals surface area contributed by atoms with E-state index >= 15 is 0 Å². The number of hydrogen-bond donors (Lipinski definition) is 0. The van der Waals surface area contributed by atoms with E-state index in [-0.39, 0.29) is 5.41 Å². The van der Waals surface area contributed by atoms with Gasteiger partial charge in [-0.1, -0.05) is 50.1 Å². The van der Waals surface area contributed by atoms with E-state index in [0.717, 1.165) is 23.0 Å². The van der Waals surface area contributed by atoms with Gasteiger partial charge in [0, 0.05) is 34.1 Å². The SMILES string of the molecule is Cc1cc(C)cc(-c2nccc3c2ccc2c(CC(C)(C)C)ccnc23)c1. The third kappa shape index (κ3) is 3.44. The van der Waals surface area contributed by atoms with Gasteiger partial charge in [-0.2, -0.15) is 0 Å². The molecule has 0 saturated heterocycles. The zero-order valence-electron chi connectivity index (χ0n) is 16.8. The van der Waals surface area contributed by atoms with E-state index < -0.39 is 0 Å². The summed E-state index contributed by atoms with van der Waals surface area (Å²) >= 11 is 0. The van der Waals surface area contributed by atoms with Crippen molar-refractivity contribution in [2.75, 3.05) is 0 Å². The fourth-order valence-electron chi connectivity index (χ4n) is 4.00. The molecule has 0 atom stereocenters. The van der Waals surface area contributed by atoms with Crippen LogP contribution < -0.4 is 0 Å². The van der Waals surface area contributed by atoms with Crippen LogP contribution in [-0.4, -0.2) is 9.97 Å². The van der Waals surface area contributed by atoms with Crippen molar-refractivity contribution in [3.8, 4) is 11.3 Å². The second kappa shape index (κ2) is 6.45. The lowest BCUT2D eigenvalue weighted by molar-refractivity contribution is 0.412. The monoisotopic (exact) mass is 354 g/mol. The maximum Gasteiger partial charge on any atom is 0.0784 e. The van der Waals surface area contributed by atoms with Crippen LogP contribution in [0.5, 0.6) is 0 Å². The largest absolute Gasteiger partial charge is 0.256 e. The zero-order chi connectivity index (χ0) is 19.2. The summed E-state index contributed by atoms with van der Waals surface area (Å²) in [4.78, 5) is 9.46. The van der Waals surface area contributed by atoms with E-state index in [2.05, 4.69) is 77.1 Å². The quantitative estimate of drug-likeness (QED) is 0.376. The molecule has 0 N–H and O–H groups in total. The highest BCUT2D eigenvalue weighted by molar-refractivity contribution is 6.10. The Kier molecular flexibility index (Phi) is 4.22. The van der Waals surface area contributed by atoms with E-state index in [4.69, 9.17) is 9.97 Å². The zero-order valence-corrected chi connectivity index (χ0v) is 16.8. The van der Waals surface area contributed by atoms with E-state index in [0.29, 0.717) is 0 Å². The molecule has 0 unspecified atom stereocenters. The van der Waals surface area contributed by atoms with E-state index in [1.807, 2.05) is 12.4 Å². The van der Waals surface area contributed by atoms with Crippen molar-refractivity contribution in [2.24, 2.45) is 5.41 Å². The average molecular weight is 354 g/mol. The van der Waals surface area contributed by atoms with Crippen molar-refractivity contribution in [1.29, 1.82) is 0 Å². The molecule has 2 aromatic carbocycles. The molecular formula is C25H26N2. The van der Waals surface area contributed by atoms with Crippen molar-refractivity contribution in [3.63, 3.8) is 0 Å². The Morgan fingerprint density at radius 3 is 2.11 bits per heavy atom. The Labute approximate surface area is 161 Å². The number of aryl methyl sites for hydroxylation is 2. The fraction of sp³-hybridized carbons (Fsp3) is 0.280. The van der Waals surface area contributed by atoms with Gasteiger partial charge in [-0.25, -0.2) is 0 Å². The van der Waals surface area contributed by atoms with Crippen molar-refractivity contribution in [3.05, 3.63) is 71.5 Å². The molecule has 0 radical (unpaired) electrons. The third-order valence-corrected chi connectivity index (χ3v) is 4.96. The molecule has 0 aliphatic rings. The second-order valence-electron chi connectivity index (χ2n) is 8.80. The minimum atomic E-state index is 0.242. The average Bonchev–Trinajstić information content (AvgIpc) is 2.59. The molecule has 0 fully saturated rings. The Bertz CT molecular complexity index is 1130. The highest BCUT2D eigenvalue weighted by atomic mass is 14.7. The standard InChI is InChI=1S/C25H26N2/c1-16-12-17(2)14-19(13-16)23-21-7-6-20-18(15-25(3,4)5)8-10-27-24(20)22(21)9-11-26-23/h6-14H,15H2,1-5H3. The molecule has 136 valence electrons. The molecule has 4 aromatic rings. The summed E-state index contributed by atoms with van der Waals surface area (Å²) in [6.07, 6.45) is 4.89. The number of rotatable bonds is 2. The van der Waals surface area contributed by atoms with Gasteiger partial charge in [0.2, 0.25) is 0 Å². The van der Waals surface area contributed by atoms with Crippen LogP contribution in [0.15, 0.2) is 54.9 Å². The summed E-state index contributed by atoms with van der Waals surface area (Å²) in [5.74, 6) is 0. The van der Waals surface area contributed by atoms with Gasteiger partial charge in [0.1, 0.15) is 0 Å². The van der Waals surface area contributed by atoms with Crippen molar-refractivity contribution < 1.29 is 0 Å². The van der Waals surface area contributed by atoms with Gasteiger partial charge in [-0.3, -0.25) is 9.97 Å². The maximum atomic E-state index is 4.74. The molecule has 0 aliphatic heterocycles. The number of fused-ring (bicyclic) bond motifs is 3. The molecule has 0 amide bonds. The lowest BCUT2D eigenvalue weighted by Gasteiger charge is -2.19. The first-order valence-corrected chi connectivity index (χ1v) is 9.56.